The standard InChI is InChI=1S/C12H10N2O3/c1-7-14-10(12(13)16)11(17-7)9-4-2-3-8(5-9)6-15/h2-6H,1H3,(H2,13,16). The summed E-state index contributed by atoms with van der Waals surface area (Å²) in [4.78, 5) is 25.8. The SMILES string of the molecule is Cc1nc(C(N)=O)c(-c2cccc(C=O)c2)o1. The van der Waals surface area contributed by atoms with Crippen molar-refractivity contribution in [2.24, 2.45) is 5.73 Å². The van der Waals surface area contributed by atoms with Gasteiger partial charge in [0.1, 0.15) is 6.29 Å². The molecule has 0 fully saturated rings. The van der Waals surface area contributed by atoms with Gasteiger partial charge in [0.2, 0.25) is 0 Å². The maximum absolute atomic E-state index is 11.2. The van der Waals surface area contributed by atoms with Crippen molar-refractivity contribution in [3.8, 4) is 11.3 Å². The van der Waals surface area contributed by atoms with Gasteiger partial charge in [-0.15, -0.1) is 0 Å². The van der Waals surface area contributed by atoms with Gasteiger partial charge in [0.15, 0.2) is 17.3 Å². The summed E-state index contributed by atoms with van der Waals surface area (Å²) in [6.45, 7) is 1.62. The minimum Gasteiger partial charge on any atom is -0.440 e. The Kier molecular flexibility index (Phi) is 2.74. The molecule has 5 heteroatoms. The molecule has 0 bridgehead atoms. The molecule has 5 nitrogen and oxygen atoms in total. The Labute approximate surface area is 97.3 Å². The second-order valence-corrected chi connectivity index (χ2v) is 3.52. The van der Waals surface area contributed by atoms with Gasteiger partial charge in [-0.1, -0.05) is 18.2 Å². The summed E-state index contributed by atoms with van der Waals surface area (Å²) in [5.74, 6) is -0.0163. The van der Waals surface area contributed by atoms with Crippen LogP contribution in [0.2, 0.25) is 0 Å². The first-order chi connectivity index (χ1) is 8.11. The van der Waals surface area contributed by atoms with E-state index < -0.39 is 5.91 Å². The Morgan fingerprint density at radius 3 is 2.88 bits per heavy atom. The fourth-order valence-corrected chi connectivity index (χ4v) is 1.54. The molecular weight excluding hydrogens is 220 g/mol. The monoisotopic (exact) mass is 230 g/mol. The highest BCUT2D eigenvalue weighted by Gasteiger charge is 2.17. The Hall–Kier alpha value is -2.43. The molecule has 1 aromatic carbocycles. The number of primary amides is 1. The minimum absolute atomic E-state index is 0.0746. The molecule has 0 unspecified atom stereocenters. The maximum atomic E-state index is 11.2. The number of hydrogen-bond donors (Lipinski definition) is 1. The number of aryl methyl sites for hydroxylation is 1. The van der Waals surface area contributed by atoms with E-state index in [1.807, 2.05) is 0 Å². The third-order valence-corrected chi connectivity index (χ3v) is 2.25. The second-order valence-electron chi connectivity index (χ2n) is 3.52. The number of aromatic nitrogens is 1. The summed E-state index contributed by atoms with van der Waals surface area (Å²) in [5, 5.41) is 0. The number of carbonyl (C=O) groups is 2. The lowest BCUT2D eigenvalue weighted by molar-refractivity contribution is 0.0996. The van der Waals surface area contributed by atoms with Crippen molar-refractivity contribution in [3.05, 3.63) is 41.4 Å². The van der Waals surface area contributed by atoms with Gasteiger partial charge in [-0.25, -0.2) is 4.98 Å². The van der Waals surface area contributed by atoms with Gasteiger partial charge in [0.05, 0.1) is 0 Å². The molecule has 0 aliphatic heterocycles. The van der Waals surface area contributed by atoms with Crippen LogP contribution in [0.5, 0.6) is 0 Å². The normalized spacial score (nSPS) is 10.2. The average Bonchev–Trinajstić information content (AvgIpc) is 2.72. The van der Waals surface area contributed by atoms with Crippen LogP contribution in [0, 0.1) is 6.92 Å². The minimum atomic E-state index is -0.659. The van der Waals surface area contributed by atoms with Crippen LogP contribution in [-0.2, 0) is 0 Å². The molecular formula is C12H10N2O3. The molecule has 1 amide bonds. The van der Waals surface area contributed by atoms with Gasteiger partial charge >= 0.3 is 0 Å². The lowest BCUT2D eigenvalue weighted by Crippen LogP contribution is -2.12. The summed E-state index contributed by atoms with van der Waals surface area (Å²) >= 11 is 0. The molecule has 2 rings (SSSR count). The molecule has 0 aliphatic rings. The van der Waals surface area contributed by atoms with Crippen molar-refractivity contribution in [1.82, 2.24) is 4.98 Å². The number of hydrogen-bond acceptors (Lipinski definition) is 4. The highest BCUT2D eigenvalue weighted by atomic mass is 16.4. The molecule has 2 aromatic rings. The molecule has 0 atom stereocenters. The predicted molar refractivity (Wildman–Crippen MR) is 60.6 cm³/mol. The van der Waals surface area contributed by atoms with Crippen LogP contribution in [0.4, 0.5) is 0 Å². The zero-order chi connectivity index (χ0) is 12.4. The number of nitrogens with two attached hydrogens (primary N) is 1. The molecule has 17 heavy (non-hydrogen) atoms. The molecule has 0 aliphatic carbocycles. The summed E-state index contributed by atoms with van der Waals surface area (Å²) in [6, 6.07) is 6.68. The van der Waals surface area contributed by atoms with Crippen molar-refractivity contribution in [2.75, 3.05) is 0 Å². The lowest BCUT2D eigenvalue weighted by Gasteiger charge is -1.99. The van der Waals surface area contributed by atoms with Crippen molar-refractivity contribution in [1.29, 1.82) is 0 Å². The van der Waals surface area contributed by atoms with Crippen LogP contribution in [-0.4, -0.2) is 17.2 Å². The van der Waals surface area contributed by atoms with Gasteiger partial charge in [-0.2, -0.15) is 0 Å². The zero-order valence-electron chi connectivity index (χ0n) is 9.14. The van der Waals surface area contributed by atoms with Crippen LogP contribution in [0.15, 0.2) is 28.7 Å². The van der Waals surface area contributed by atoms with Gasteiger partial charge in [0.25, 0.3) is 5.91 Å². The van der Waals surface area contributed by atoms with Crippen LogP contribution < -0.4 is 5.73 Å². The Morgan fingerprint density at radius 1 is 1.47 bits per heavy atom. The van der Waals surface area contributed by atoms with E-state index in [1.165, 1.54) is 0 Å². The van der Waals surface area contributed by atoms with Crippen LogP contribution in [0.1, 0.15) is 26.7 Å². The molecule has 2 N–H and O–H groups in total. The molecule has 0 spiro atoms. The smallest absolute Gasteiger partial charge is 0.271 e. The topological polar surface area (TPSA) is 86.2 Å². The average molecular weight is 230 g/mol. The van der Waals surface area contributed by atoms with Crippen LogP contribution >= 0.6 is 0 Å². The van der Waals surface area contributed by atoms with Crippen molar-refractivity contribution in [3.63, 3.8) is 0 Å². The third kappa shape index (κ3) is 2.08. The lowest BCUT2D eigenvalue weighted by atomic mass is 10.1. The second kappa shape index (κ2) is 4.21. The number of amides is 1. The number of nitrogens with zero attached hydrogens (tertiary/aromatic N) is 1. The highest BCUT2D eigenvalue weighted by Crippen LogP contribution is 2.25. The van der Waals surface area contributed by atoms with E-state index in [0.29, 0.717) is 22.8 Å². The predicted octanol–water partition coefficient (Wildman–Crippen LogP) is 1.56. The van der Waals surface area contributed by atoms with E-state index in [2.05, 4.69) is 4.98 Å². The van der Waals surface area contributed by atoms with E-state index in [1.54, 1.807) is 31.2 Å². The quantitative estimate of drug-likeness (QED) is 0.810. The van der Waals surface area contributed by atoms with Gasteiger partial charge in [-0.05, 0) is 6.07 Å². The summed E-state index contributed by atoms with van der Waals surface area (Å²) < 4.78 is 5.33. The molecule has 0 radical (unpaired) electrons. The Bertz CT molecular complexity index is 587. The number of oxazole rings is 1. The van der Waals surface area contributed by atoms with Gasteiger partial charge < -0.3 is 10.2 Å². The van der Waals surface area contributed by atoms with Crippen molar-refractivity contribution >= 4 is 12.2 Å². The summed E-state index contributed by atoms with van der Waals surface area (Å²) in [5.41, 5.74) is 6.37. The third-order valence-electron chi connectivity index (χ3n) is 2.25. The van der Waals surface area contributed by atoms with Crippen LogP contribution in [0.3, 0.4) is 0 Å². The first-order valence-electron chi connectivity index (χ1n) is 4.94. The fourth-order valence-electron chi connectivity index (χ4n) is 1.54. The summed E-state index contributed by atoms with van der Waals surface area (Å²) in [7, 11) is 0. The van der Waals surface area contributed by atoms with E-state index in [4.69, 9.17) is 10.2 Å². The number of rotatable bonds is 3. The summed E-state index contributed by atoms with van der Waals surface area (Å²) in [6.07, 6.45) is 0.719. The number of benzene rings is 1. The van der Waals surface area contributed by atoms with E-state index >= 15 is 0 Å². The first-order valence-corrected chi connectivity index (χ1v) is 4.94. The van der Waals surface area contributed by atoms with Gasteiger partial charge in [-0.3, -0.25) is 9.59 Å². The van der Waals surface area contributed by atoms with Gasteiger partial charge in [0, 0.05) is 18.1 Å². The molecule has 1 heterocycles. The Morgan fingerprint density at radius 2 is 2.24 bits per heavy atom. The number of aldehydes is 1. The Balaban J connectivity index is 2.59. The zero-order valence-corrected chi connectivity index (χ0v) is 9.14. The van der Waals surface area contributed by atoms with E-state index in [0.717, 1.165) is 6.29 Å². The van der Waals surface area contributed by atoms with E-state index in [-0.39, 0.29) is 5.69 Å². The molecule has 0 saturated carbocycles. The first kappa shape index (κ1) is 11.1. The number of carbonyl (C=O) groups excluding carboxylic acids is 2. The van der Waals surface area contributed by atoms with Crippen molar-refractivity contribution < 1.29 is 14.0 Å². The maximum Gasteiger partial charge on any atom is 0.271 e. The largest absolute Gasteiger partial charge is 0.440 e. The van der Waals surface area contributed by atoms with E-state index in [9.17, 15) is 9.59 Å². The molecule has 0 saturated heterocycles. The highest BCUT2D eigenvalue weighted by molar-refractivity contribution is 5.96. The fraction of sp³-hybridized carbons (Fsp3) is 0.0833. The molecule has 1 aromatic heterocycles. The molecule has 86 valence electrons. The van der Waals surface area contributed by atoms with Crippen molar-refractivity contribution in [2.45, 2.75) is 6.92 Å². The van der Waals surface area contributed by atoms with Crippen LogP contribution in [0.25, 0.3) is 11.3 Å².